The zero-order chi connectivity index (χ0) is 13.5. The zero-order valence-electron chi connectivity index (χ0n) is 11.2. The predicted molar refractivity (Wildman–Crippen MR) is 75.4 cm³/mol. The van der Waals surface area contributed by atoms with Crippen LogP contribution >= 0.6 is 0 Å². The smallest absolute Gasteiger partial charge is 0.207 e. The van der Waals surface area contributed by atoms with Gasteiger partial charge < -0.3 is 0 Å². The van der Waals surface area contributed by atoms with Gasteiger partial charge >= 0.3 is 0 Å². The van der Waals surface area contributed by atoms with Crippen LogP contribution in [0, 0.1) is 6.92 Å². The normalized spacial score (nSPS) is 24.1. The Morgan fingerprint density at radius 3 is 2.68 bits per heavy atom. The summed E-state index contributed by atoms with van der Waals surface area (Å²) in [4.78, 5) is 0.421. The number of rotatable bonds is 2. The van der Waals surface area contributed by atoms with E-state index in [0.29, 0.717) is 11.4 Å². The van der Waals surface area contributed by atoms with Crippen LogP contribution in [0.15, 0.2) is 40.8 Å². The molecule has 1 atom stereocenters. The van der Waals surface area contributed by atoms with Gasteiger partial charge in [-0.3, -0.25) is 0 Å². The minimum Gasteiger partial charge on any atom is -0.207 e. The second-order valence-electron chi connectivity index (χ2n) is 5.40. The fraction of sp³-hybridized carbons (Fsp3) is 0.467. The number of nitrogens with zero attached hydrogens (tertiary/aromatic N) is 1. The van der Waals surface area contributed by atoms with Crippen molar-refractivity contribution < 1.29 is 8.42 Å². The van der Waals surface area contributed by atoms with Crippen LogP contribution < -0.4 is 0 Å². The Labute approximate surface area is 115 Å². The molecule has 0 amide bonds. The molecule has 0 radical (unpaired) electrons. The molecular formula is C15H19NO2S. The number of benzene rings is 1. The van der Waals surface area contributed by atoms with Crippen molar-refractivity contribution in [3.8, 4) is 0 Å². The molecule has 0 spiro atoms. The molecule has 3 nitrogen and oxygen atoms in total. The molecule has 3 rings (SSSR count). The average molecular weight is 277 g/mol. The van der Waals surface area contributed by atoms with Crippen molar-refractivity contribution in [2.45, 2.75) is 43.5 Å². The molecule has 1 fully saturated rings. The lowest BCUT2D eigenvalue weighted by atomic mass is 9.96. The third kappa shape index (κ3) is 2.23. The highest BCUT2D eigenvalue weighted by molar-refractivity contribution is 7.89. The summed E-state index contributed by atoms with van der Waals surface area (Å²) in [5.74, 6) is 0. The first-order valence-electron chi connectivity index (χ1n) is 6.86. The zero-order valence-corrected chi connectivity index (χ0v) is 12.0. The van der Waals surface area contributed by atoms with Crippen molar-refractivity contribution >= 4 is 10.0 Å². The molecule has 0 N–H and O–H groups in total. The van der Waals surface area contributed by atoms with Crippen LogP contribution in [-0.4, -0.2) is 25.3 Å². The van der Waals surface area contributed by atoms with Crippen molar-refractivity contribution in [2.75, 3.05) is 6.54 Å². The second kappa shape index (κ2) is 4.76. The first-order valence-corrected chi connectivity index (χ1v) is 8.30. The maximum absolute atomic E-state index is 12.7. The van der Waals surface area contributed by atoms with Crippen molar-refractivity contribution in [3.05, 3.63) is 41.5 Å². The lowest BCUT2D eigenvalue weighted by Gasteiger charge is -2.26. The molecule has 102 valence electrons. The molecule has 1 aliphatic carbocycles. The molecule has 2 aliphatic rings. The first kappa shape index (κ1) is 12.9. The van der Waals surface area contributed by atoms with Crippen LogP contribution in [0.5, 0.6) is 0 Å². The van der Waals surface area contributed by atoms with Gasteiger partial charge in [0.2, 0.25) is 10.0 Å². The monoisotopic (exact) mass is 277 g/mol. The molecular weight excluding hydrogens is 258 g/mol. The maximum Gasteiger partial charge on any atom is 0.243 e. The summed E-state index contributed by atoms with van der Waals surface area (Å²) in [7, 11) is -3.33. The Kier molecular flexibility index (Phi) is 3.23. The van der Waals surface area contributed by atoms with Crippen molar-refractivity contribution in [1.82, 2.24) is 4.31 Å². The van der Waals surface area contributed by atoms with E-state index in [4.69, 9.17) is 0 Å². The number of hydrogen-bond acceptors (Lipinski definition) is 2. The molecule has 1 saturated heterocycles. The van der Waals surface area contributed by atoms with Crippen molar-refractivity contribution in [2.24, 2.45) is 0 Å². The summed E-state index contributed by atoms with van der Waals surface area (Å²) >= 11 is 0. The number of aryl methyl sites for hydroxylation is 1. The van der Waals surface area contributed by atoms with Crippen LogP contribution in [0.4, 0.5) is 0 Å². The summed E-state index contributed by atoms with van der Waals surface area (Å²) in [6, 6.07) is 7.27. The van der Waals surface area contributed by atoms with Gasteiger partial charge in [-0.15, -0.1) is 0 Å². The van der Waals surface area contributed by atoms with Crippen LogP contribution in [-0.2, 0) is 10.0 Å². The van der Waals surface area contributed by atoms with E-state index in [-0.39, 0.29) is 6.04 Å². The third-order valence-corrected chi connectivity index (χ3v) is 6.03. The largest absolute Gasteiger partial charge is 0.243 e. The maximum atomic E-state index is 12.7. The van der Waals surface area contributed by atoms with Gasteiger partial charge in [0.15, 0.2) is 0 Å². The Bertz CT molecular complexity index is 602. The third-order valence-electron chi connectivity index (χ3n) is 4.11. The van der Waals surface area contributed by atoms with Crippen LogP contribution in [0.1, 0.15) is 31.2 Å². The number of sulfonamides is 1. The van der Waals surface area contributed by atoms with Crippen LogP contribution in [0.2, 0.25) is 0 Å². The van der Waals surface area contributed by atoms with Crippen LogP contribution in [0.25, 0.3) is 0 Å². The summed E-state index contributed by atoms with van der Waals surface area (Å²) in [5.41, 5.74) is 2.40. The highest BCUT2D eigenvalue weighted by Gasteiger charge is 2.38. The lowest BCUT2D eigenvalue weighted by molar-refractivity contribution is 0.380. The van der Waals surface area contributed by atoms with E-state index < -0.39 is 10.0 Å². The van der Waals surface area contributed by atoms with Gasteiger partial charge in [0.05, 0.1) is 4.90 Å². The Hall–Kier alpha value is -1.13. The SMILES string of the molecule is Cc1ccc(S(=O)(=O)N2CCC3=CCCCC32)cc1. The molecule has 1 aromatic rings. The summed E-state index contributed by atoms with van der Waals surface area (Å²) < 4.78 is 27.1. The second-order valence-corrected chi connectivity index (χ2v) is 7.30. The molecule has 0 bridgehead atoms. The van der Waals surface area contributed by atoms with E-state index in [0.717, 1.165) is 31.2 Å². The fourth-order valence-corrected chi connectivity index (χ4v) is 4.70. The lowest BCUT2D eigenvalue weighted by Crippen LogP contribution is -2.36. The quantitative estimate of drug-likeness (QED) is 0.780. The Balaban J connectivity index is 1.95. The Morgan fingerprint density at radius 2 is 1.95 bits per heavy atom. The standard InChI is InChI=1S/C15H19NO2S/c1-12-6-8-14(9-7-12)19(17,18)16-11-10-13-4-2-3-5-15(13)16/h4,6-9,15H,2-3,5,10-11H2,1H3. The molecule has 1 unspecified atom stereocenters. The predicted octanol–water partition coefficient (Wildman–Crippen LogP) is 2.87. The van der Waals surface area contributed by atoms with E-state index in [1.807, 2.05) is 19.1 Å². The van der Waals surface area contributed by atoms with Gasteiger partial charge in [-0.05, 0) is 44.7 Å². The van der Waals surface area contributed by atoms with E-state index in [1.54, 1.807) is 16.4 Å². The highest BCUT2D eigenvalue weighted by atomic mass is 32.2. The van der Waals surface area contributed by atoms with Crippen LogP contribution in [0.3, 0.4) is 0 Å². The number of hydrogen-bond donors (Lipinski definition) is 0. The number of fused-ring (bicyclic) bond motifs is 1. The molecule has 4 heteroatoms. The van der Waals surface area contributed by atoms with Gasteiger partial charge in [0.1, 0.15) is 0 Å². The van der Waals surface area contributed by atoms with Crippen molar-refractivity contribution in [1.29, 1.82) is 0 Å². The molecule has 1 aliphatic heterocycles. The van der Waals surface area contributed by atoms with E-state index in [2.05, 4.69) is 6.08 Å². The highest BCUT2D eigenvalue weighted by Crippen LogP contribution is 2.35. The van der Waals surface area contributed by atoms with Gasteiger partial charge in [-0.25, -0.2) is 8.42 Å². The van der Waals surface area contributed by atoms with Crippen molar-refractivity contribution in [3.63, 3.8) is 0 Å². The first-order chi connectivity index (χ1) is 9.09. The molecule has 0 aromatic heterocycles. The molecule has 19 heavy (non-hydrogen) atoms. The average Bonchev–Trinajstić information content (AvgIpc) is 2.83. The van der Waals surface area contributed by atoms with Gasteiger partial charge in [0.25, 0.3) is 0 Å². The Morgan fingerprint density at radius 1 is 1.21 bits per heavy atom. The molecule has 0 saturated carbocycles. The molecule has 1 heterocycles. The van der Waals surface area contributed by atoms with Gasteiger partial charge in [-0.1, -0.05) is 29.3 Å². The topological polar surface area (TPSA) is 37.4 Å². The summed E-state index contributed by atoms with van der Waals surface area (Å²) in [6.07, 6.45) is 6.30. The summed E-state index contributed by atoms with van der Waals surface area (Å²) in [6.45, 7) is 2.60. The van der Waals surface area contributed by atoms with E-state index >= 15 is 0 Å². The minimum absolute atomic E-state index is 0.111. The summed E-state index contributed by atoms with van der Waals surface area (Å²) in [5, 5.41) is 0. The molecule has 1 aromatic carbocycles. The van der Waals surface area contributed by atoms with Gasteiger partial charge in [-0.2, -0.15) is 4.31 Å². The minimum atomic E-state index is -3.33. The van der Waals surface area contributed by atoms with E-state index in [9.17, 15) is 8.42 Å². The van der Waals surface area contributed by atoms with Gasteiger partial charge in [0, 0.05) is 12.6 Å². The fourth-order valence-electron chi connectivity index (χ4n) is 3.05. The number of allylic oxidation sites excluding steroid dienone is 1. The van der Waals surface area contributed by atoms with E-state index in [1.165, 1.54) is 5.57 Å².